The largest absolute Gasteiger partial charge is 0.399 e. The Kier molecular flexibility index (Phi) is 4.99. The van der Waals surface area contributed by atoms with E-state index < -0.39 is 0 Å². The van der Waals surface area contributed by atoms with Crippen LogP contribution in [0.4, 0.5) is 17.1 Å². The van der Waals surface area contributed by atoms with Gasteiger partial charge in [0.25, 0.3) is 11.8 Å². The summed E-state index contributed by atoms with van der Waals surface area (Å²) in [5.41, 5.74) is 9.71. The highest BCUT2D eigenvalue weighted by Crippen LogP contribution is 2.14. The van der Waals surface area contributed by atoms with Crippen LogP contribution >= 0.6 is 0 Å². The van der Waals surface area contributed by atoms with E-state index in [-0.39, 0.29) is 11.8 Å². The zero-order valence-corrected chi connectivity index (χ0v) is 14.3. The molecule has 0 radical (unpaired) electrons. The fraction of sp³-hybridized carbons (Fsp3) is 0.0476. The first kappa shape index (κ1) is 17.2. The van der Waals surface area contributed by atoms with Gasteiger partial charge in [-0.3, -0.25) is 9.59 Å². The van der Waals surface area contributed by atoms with Crippen molar-refractivity contribution < 1.29 is 9.59 Å². The van der Waals surface area contributed by atoms with Crippen molar-refractivity contribution in [3.8, 4) is 0 Å². The maximum Gasteiger partial charge on any atom is 0.255 e. The summed E-state index contributed by atoms with van der Waals surface area (Å²) in [7, 11) is 0. The molecule has 0 saturated heterocycles. The summed E-state index contributed by atoms with van der Waals surface area (Å²) in [6.45, 7) is 1.99. The van der Waals surface area contributed by atoms with Gasteiger partial charge in [-0.1, -0.05) is 17.7 Å². The molecule has 0 heterocycles. The van der Waals surface area contributed by atoms with Crippen molar-refractivity contribution in [2.24, 2.45) is 0 Å². The molecule has 2 amide bonds. The monoisotopic (exact) mass is 345 g/mol. The van der Waals surface area contributed by atoms with Gasteiger partial charge in [0.2, 0.25) is 0 Å². The number of nitrogens with one attached hydrogen (secondary N) is 2. The molecule has 0 aliphatic carbocycles. The molecule has 5 nitrogen and oxygen atoms in total. The Hall–Kier alpha value is -3.60. The molecule has 0 aromatic heterocycles. The van der Waals surface area contributed by atoms with Crippen molar-refractivity contribution in [3.63, 3.8) is 0 Å². The summed E-state index contributed by atoms with van der Waals surface area (Å²) in [5, 5.41) is 5.61. The Bertz CT molecular complexity index is 836. The van der Waals surface area contributed by atoms with Gasteiger partial charge >= 0.3 is 0 Å². The number of nitrogens with two attached hydrogens (primary N) is 1. The first-order valence-electron chi connectivity index (χ1n) is 8.16. The first-order chi connectivity index (χ1) is 12.5. The fourth-order valence-electron chi connectivity index (χ4n) is 2.38. The number of amides is 2. The molecule has 0 bridgehead atoms. The van der Waals surface area contributed by atoms with Crippen molar-refractivity contribution in [2.45, 2.75) is 6.92 Å². The summed E-state index contributed by atoms with van der Waals surface area (Å²) in [6, 6.07) is 21.0. The van der Waals surface area contributed by atoms with Gasteiger partial charge in [-0.05, 0) is 67.6 Å². The predicted octanol–water partition coefficient (Wildman–Crippen LogP) is 4.08. The van der Waals surface area contributed by atoms with Gasteiger partial charge in [-0.25, -0.2) is 0 Å². The molecule has 3 aromatic rings. The molecule has 5 heteroatoms. The Morgan fingerprint density at radius 3 is 1.46 bits per heavy atom. The maximum atomic E-state index is 12.3. The minimum absolute atomic E-state index is 0.223. The molecule has 0 saturated carbocycles. The first-order valence-corrected chi connectivity index (χ1v) is 8.16. The second-order valence-electron chi connectivity index (χ2n) is 5.97. The van der Waals surface area contributed by atoms with Crippen LogP contribution in [0.1, 0.15) is 26.3 Å². The quantitative estimate of drug-likeness (QED) is 0.623. The van der Waals surface area contributed by atoms with E-state index in [2.05, 4.69) is 10.6 Å². The third-order valence-corrected chi connectivity index (χ3v) is 3.89. The Morgan fingerprint density at radius 1 is 0.654 bits per heavy atom. The lowest BCUT2D eigenvalue weighted by Gasteiger charge is -2.08. The van der Waals surface area contributed by atoms with E-state index in [1.165, 1.54) is 0 Å². The summed E-state index contributed by atoms with van der Waals surface area (Å²) in [4.78, 5) is 24.5. The summed E-state index contributed by atoms with van der Waals surface area (Å²) in [6.07, 6.45) is 0. The SMILES string of the molecule is Cc1ccc(NC(=O)c2ccc(C(=O)Nc3ccc(N)cc3)cc2)cc1. The highest BCUT2D eigenvalue weighted by Gasteiger charge is 2.09. The van der Waals surface area contributed by atoms with Gasteiger partial charge in [-0.15, -0.1) is 0 Å². The molecule has 3 rings (SSSR count). The van der Waals surface area contributed by atoms with Crippen LogP contribution in [0, 0.1) is 6.92 Å². The van der Waals surface area contributed by atoms with Crippen molar-refractivity contribution in [3.05, 3.63) is 89.5 Å². The molecule has 0 unspecified atom stereocenters. The number of carbonyl (C=O) groups is 2. The smallest absolute Gasteiger partial charge is 0.255 e. The third-order valence-electron chi connectivity index (χ3n) is 3.89. The minimum atomic E-state index is -0.250. The molecular formula is C21H19N3O2. The Labute approximate surface area is 151 Å². The van der Waals surface area contributed by atoms with Crippen LogP contribution in [-0.4, -0.2) is 11.8 Å². The number of carbonyl (C=O) groups excluding carboxylic acids is 2. The summed E-state index contributed by atoms with van der Waals surface area (Å²) < 4.78 is 0. The number of hydrogen-bond donors (Lipinski definition) is 3. The lowest BCUT2D eigenvalue weighted by Crippen LogP contribution is -2.14. The van der Waals surface area contributed by atoms with E-state index in [1.54, 1.807) is 48.5 Å². The van der Waals surface area contributed by atoms with Gasteiger partial charge in [0, 0.05) is 28.2 Å². The third kappa shape index (κ3) is 4.27. The molecule has 4 N–H and O–H groups in total. The van der Waals surface area contributed by atoms with Crippen molar-refractivity contribution in [1.82, 2.24) is 0 Å². The van der Waals surface area contributed by atoms with Crippen LogP contribution in [0.5, 0.6) is 0 Å². The average molecular weight is 345 g/mol. The van der Waals surface area contributed by atoms with Gasteiger partial charge in [0.15, 0.2) is 0 Å². The number of anilines is 3. The van der Waals surface area contributed by atoms with Crippen molar-refractivity contribution in [2.75, 3.05) is 16.4 Å². The summed E-state index contributed by atoms with van der Waals surface area (Å²) in [5.74, 6) is -0.473. The molecule has 0 aliphatic heterocycles. The average Bonchev–Trinajstić information content (AvgIpc) is 2.65. The summed E-state index contributed by atoms with van der Waals surface area (Å²) >= 11 is 0. The highest BCUT2D eigenvalue weighted by molar-refractivity contribution is 6.07. The zero-order chi connectivity index (χ0) is 18.5. The molecule has 3 aromatic carbocycles. The molecule has 26 heavy (non-hydrogen) atoms. The highest BCUT2D eigenvalue weighted by atomic mass is 16.2. The van der Waals surface area contributed by atoms with Crippen LogP contribution < -0.4 is 16.4 Å². The van der Waals surface area contributed by atoms with E-state index in [0.717, 1.165) is 11.3 Å². The van der Waals surface area contributed by atoms with E-state index in [1.807, 2.05) is 31.2 Å². The van der Waals surface area contributed by atoms with Crippen molar-refractivity contribution >= 4 is 28.9 Å². The van der Waals surface area contributed by atoms with E-state index in [4.69, 9.17) is 5.73 Å². The molecular weight excluding hydrogens is 326 g/mol. The van der Waals surface area contributed by atoms with Crippen LogP contribution in [0.3, 0.4) is 0 Å². The number of rotatable bonds is 4. The molecule has 0 fully saturated rings. The fourth-order valence-corrected chi connectivity index (χ4v) is 2.38. The second kappa shape index (κ2) is 7.53. The zero-order valence-electron chi connectivity index (χ0n) is 14.3. The number of hydrogen-bond acceptors (Lipinski definition) is 3. The second-order valence-corrected chi connectivity index (χ2v) is 5.97. The van der Waals surface area contributed by atoms with Gasteiger partial charge in [0.05, 0.1) is 0 Å². The Morgan fingerprint density at radius 2 is 1.04 bits per heavy atom. The van der Waals surface area contributed by atoms with E-state index in [9.17, 15) is 9.59 Å². The van der Waals surface area contributed by atoms with Crippen molar-refractivity contribution in [1.29, 1.82) is 0 Å². The maximum absolute atomic E-state index is 12.3. The number of aryl methyl sites for hydroxylation is 1. The lowest BCUT2D eigenvalue weighted by molar-refractivity contribution is 0.101. The lowest BCUT2D eigenvalue weighted by atomic mass is 10.1. The number of benzene rings is 3. The van der Waals surface area contributed by atoms with Gasteiger partial charge < -0.3 is 16.4 Å². The minimum Gasteiger partial charge on any atom is -0.399 e. The topological polar surface area (TPSA) is 84.2 Å². The van der Waals surface area contributed by atoms with Crippen LogP contribution in [0.15, 0.2) is 72.8 Å². The van der Waals surface area contributed by atoms with Crippen LogP contribution in [0.2, 0.25) is 0 Å². The van der Waals surface area contributed by atoms with E-state index >= 15 is 0 Å². The van der Waals surface area contributed by atoms with Crippen LogP contribution in [-0.2, 0) is 0 Å². The van der Waals surface area contributed by atoms with Gasteiger partial charge in [-0.2, -0.15) is 0 Å². The number of nitrogen functional groups attached to an aromatic ring is 1. The van der Waals surface area contributed by atoms with Gasteiger partial charge in [0.1, 0.15) is 0 Å². The molecule has 0 atom stereocenters. The Balaban J connectivity index is 1.65. The molecule has 130 valence electrons. The van der Waals surface area contributed by atoms with Crippen LogP contribution in [0.25, 0.3) is 0 Å². The molecule has 0 spiro atoms. The van der Waals surface area contributed by atoms with E-state index in [0.29, 0.717) is 22.5 Å². The normalized spacial score (nSPS) is 10.2. The standard InChI is InChI=1S/C21H19N3O2/c1-14-2-10-18(11-3-14)23-20(25)15-4-6-16(7-5-15)21(26)24-19-12-8-17(22)9-13-19/h2-13H,22H2,1H3,(H,23,25)(H,24,26). The molecule has 0 aliphatic rings. The predicted molar refractivity (Wildman–Crippen MR) is 104 cm³/mol.